The Bertz CT molecular complexity index is 779. The molecule has 0 aliphatic carbocycles. The van der Waals surface area contributed by atoms with Crippen LogP contribution >= 0.6 is 11.8 Å². The third-order valence-corrected chi connectivity index (χ3v) is 4.91. The highest BCUT2D eigenvalue weighted by molar-refractivity contribution is 7.98. The minimum Gasteiger partial charge on any atom is -0.339 e. The minimum atomic E-state index is -1.27. The van der Waals surface area contributed by atoms with Gasteiger partial charge in [-0.2, -0.15) is 5.26 Å². The minimum absolute atomic E-state index is 0.253. The Morgan fingerprint density at radius 2 is 1.91 bits per heavy atom. The fourth-order valence-electron chi connectivity index (χ4n) is 2.17. The number of aromatic nitrogens is 2. The van der Waals surface area contributed by atoms with Crippen LogP contribution in [0.3, 0.4) is 0 Å². The SMILES string of the molecule is CCS(=O)c1nc(Nc2cc(C)cc(C)c2)c(C#N)c(SC)n1. The van der Waals surface area contributed by atoms with Gasteiger partial charge in [-0.3, -0.25) is 4.21 Å². The van der Waals surface area contributed by atoms with E-state index in [0.717, 1.165) is 16.8 Å². The second kappa shape index (κ2) is 7.57. The molecule has 1 aromatic heterocycles. The second-order valence-corrected chi connectivity index (χ2v) is 7.41. The summed E-state index contributed by atoms with van der Waals surface area (Å²) in [5.41, 5.74) is 3.44. The highest BCUT2D eigenvalue weighted by Gasteiger charge is 2.17. The van der Waals surface area contributed by atoms with Crippen molar-refractivity contribution in [2.75, 3.05) is 17.3 Å². The van der Waals surface area contributed by atoms with Crippen molar-refractivity contribution < 1.29 is 4.21 Å². The number of hydrogen-bond donors (Lipinski definition) is 1. The standard InChI is InChI=1S/C16H18N4OS2/c1-5-23(21)16-19-14(13(9-17)15(20-16)22-4)18-12-7-10(2)6-11(3)8-12/h6-8H,5H2,1-4H3,(H,18,19,20). The predicted octanol–water partition coefficient (Wildman–Crippen LogP) is 3.56. The van der Waals surface area contributed by atoms with E-state index in [9.17, 15) is 9.47 Å². The van der Waals surface area contributed by atoms with E-state index in [1.54, 1.807) is 0 Å². The number of rotatable bonds is 5. The van der Waals surface area contributed by atoms with Gasteiger partial charge in [0.2, 0.25) is 5.16 Å². The van der Waals surface area contributed by atoms with Crippen LogP contribution in [0, 0.1) is 25.2 Å². The van der Waals surface area contributed by atoms with Crippen molar-refractivity contribution in [3.05, 3.63) is 34.9 Å². The van der Waals surface area contributed by atoms with E-state index in [4.69, 9.17) is 0 Å². The van der Waals surface area contributed by atoms with E-state index in [1.165, 1.54) is 11.8 Å². The van der Waals surface area contributed by atoms with Crippen molar-refractivity contribution in [2.24, 2.45) is 0 Å². The summed E-state index contributed by atoms with van der Waals surface area (Å²) in [5.74, 6) is 0.830. The first-order valence-corrected chi connectivity index (χ1v) is 9.62. The largest absolute Gasteiger partial charge is 0.339 e. The number of benzene rings is 1. The number of anilines is 2. The van der Waals surface area contributed by atoms with Gasteiger partial charge in [-0.05, 0) is 43.4 Å². The molecule has 0 radical (unpaired) electrons. The normalized spacial score (nSPS) is 11.8. The maximum Gasteiger partial charge on any atom is 0.221 e. The molecule has 0 saturated heterocycles. The maximum absolute atomic E-state index is 12.1. The first-order valence-electron chi connectivity index (χ1n) is 7.08. The number of aryl methyl sites for hydroxylation is 2. The fraction of sp³-hybridized carbons (Fsp3) is 0.312. The number of nitrogens with zero attached hydrogens (tertiary/aromatic N) is 3. The molecular formula is C16H18N4OS2. The molecule has 0 bridgehead atoms. The molecule has 5 nitrogen and oxygen atoms in total. The molecule has 23 heavy (non-hydrogen) atoms. The summed E-state index contributed by atoms with van der Waals surface area (Å²) < 4.78 is 12.1. The molecule has 120 valence electrons. The van der Waals surface area contributed by atoms with Crippen LogP contribution in [-0.4, -0.2) is 26.2 Å². The van der Waals surface area contributed by atoms with Gasteiger partial charge in [-0.15, -0.1) is 11.8 Å². The number of thioether (sulfide) groups is 1. The van der Waals surface area contributed by atoms with E-state index in [1.807, 2.05) is 39.2 Å². The van der Waals surface area contributed by atoms with Crippen LogP contribution in [0.2, 0.25) is 0 Å². The van der Waals surface area contributed by atoms with Gasteiger partial charge in [-0.1, -0.05) is 13.0 Å². The highest BCUT2D eigenvalue weighted by atomic mass is 32.2. The lowest BCUT2D eigenvalue weighted by atomic mass is 10.1. The molecule has 0 amide bonds. The van der Waals surface area contributed by atoms with Crippen molar-refractivity contribution in [1.29, 1.82) is 5.26 Å². The average Bonchev–Trinajstić information content (AvgIpc) is 2.52. The number of nitriles is 1. The van der Waals surface area contributed by atoms with Gasteiger partial charge in [0.15, 0.2) is 5.82 Å². The summed E-state index contributed by atoms with van der Waals surface area (Å²) in [6.07, 6.45) is 1.84. The molecule has 1 aromatic carbocycles. The van der Waals surface area contributed by atoms with Gasteiger partial charge in [0.1, 0.15) is 16.7 Å². The summed E-state index contributed by atoms with van der Waals surface area (Å²) in [5, 5.41) is 13.4. The summed E-state index contributed by atoms with van der Waals surface area (Å²) >= 11 is 1.35. The Kier molecular flexibility index (Phi) is 5.74. The Hall–Kier alpha value is -1.91. The molecule has 0 aliphatic heterocycles. The zero-order valence-electron chi connectivity index (χ0n) is 13.5. The first-order chi connectivity index (χ1) is 11.0. The van der Waals surface area contributed by atoms with Gasteiger partial charge in [0.05, 0.1) is 10.8 Å². The van der Waals surface area contributed by atoms with Crippen LogP contribution in [0.4, 0.5) is 11.5 Å². The van der Waals surface area contributed by atoms with E-state index >= 15 is 0 Å². The van der Waals surface area contributed by atoms with Crippen LogP contribution in [0.25, 0.3) is 0 Å². The number of nitrogens with one attached hydrogen (secondary N) is 1. The quantitative estimate of drug-likeness (QED) is 0.507. The Labute approximate surface area is 143 Å². The van der Waals surface area contributed by atoms with Gasteiger partial charge in [-0.25, -0.2) is 9.97 Å². The lowest BCUT2D eigenvalue weighted by molar-refractivity contribution is 0.674. The zero-order chi connectivity index (χ0) is 17.0. The van der Waals surface area contributed by atoms with Crippen LogP contribution in [0.15, 0.2) is 28.4 Å². The summed E-state index contributed by atoms with van der Waals surface area (Å²) in [6.45, 7) is 5.83. The van der Waals surface area contributed by atoms with Crippen molar-refractivity contribution in [3.63, 3.8) is 0 Å². The molecule has 7 heteroatoms. The maximum atomic E-state index is 12.1. The summed E-state index contributed by atoms with van der Waals surface area (Å²) in [7, 11) is -1.27. The third kappa shape index (κ3) is 4.09. The van der Waals surface area contributed by atoms with Crippen molar-refractivity contribution in [2.45, 2.75) is 31.0 Å². The van der Waals surface area contributed by atoms with Crippen molar-refractivity contribution >= 4 is 34.1 Å². The summed E-state index contributed by atoms with van der Waals surface area (Å²) in [4.78, 5) is 8.58. The topological polar surface area (TPSA) is 78.7 Å². The molecule has 1 N–H and O–H groups in total. The smallest absolute Gasteiger partial charge is 0.221 e. The molecular weight excluding hydrogens is 328 g/mol. The van der Waals surface area contributed by atoms with Crippen LogP contribution < -0.4 is 5.32 Å². The molecule has 2 rings (SSSR count). The molecule has 1 heterocycles. The first kappa shape index (κ1) is 17.4. The van der Waals surface area contributed by atoms with E-state index < -0.39 is 10.8 Å². The fourth-order valence-corrected chi connectivity index (χ4v) is 3.40. The summed E-state index contributed by atoms with van der Waals surface area (Å²) in [6, 6.07) is 8.17. The number of hydrogen-bond acceptors (Lipinski definition) is 6. The van der Waals surface area contributed by atoms with Crippen LogP contribution in [0.1, 0.15) is 23.6 Å². The lowest BCUT2D eigenvalue weighted by Crippen LogP contribution is -2.08. The molecule has 1 atom stereocenters. The molecule has 0 aliphatic rings. The van der Waals surface area contributed by atoms with Crippen molar-refractivity contribution in [1.82, 2.24) is 9.97 Å². The van der Waals surface area contributed by atoms with E-state index in [-0.39, 0.29) is 5.16 Å². The molecule has 2 aromatic rings. The third-order valence-electron chi connectivity index (χ3n) is 3.11. The Balaban J connectivity index is 2.55. The molecule has 0 spiro atoms. The second-order valence-electron chi connectivity index (χ2n) is 4.99. The van der Waals surface area contributed by atoms with Crippen molar-refractivity contribution in [3.8, 4) is 6.07 Å². The van der Waals surface area contributed by atoms with Crippen LogP contribution in [-0.2, 0) is 10.8 Å². The van der Waals surface area contributed by atoms with E-state index in [0.29, 0.717) is 22.2 Å². The van der Waals surface area contributed by atoms with Gasteiger partial charge < -0.3 is 5.32 Å². The van der Waals surface area contributed by atoms with E-state index in [2.05, 4.69) is 27.4 Å². The highest BCUT2D eigenvalue weighted by Crippen LogP contribution is 2.27. The Morgan fingerprint density at radius 3 is 2.43 bits per heavy atom. The Morgan fingerprint density at radius 1 is 1.26 bits per heavy atom. The lowest BCUT2D eigenvalue weighted by Gasteiger charge is -2.12. The predicted molar refractivity (Wildman–Crippen MR) is 94.7 cm³/mol. The van der Waals surface area contributed by atoms with Gasteiger partial charge in [0, 0.05) is 11.4 Å². The zero-order valence-corrected chi connectivity index (χ0v) is 15.1. The monoisotopic (exact) mass is 346 g/mol. The van der Waals surface area contributed by atoms with Gasteiger partial charge in [0.25, 0.3) is 0 Å². The molecule has 1 unspecified atom stereocenters. The molecule has 0 fully saturated rings. The van der Waals surface area contributed by atoms with Crippen LogP contribution in [0.5, 0.6) is 0 Å². The van der Waals surface area contributed by atoms with Gasteiger partial charge >= 0.3 is 0 Å². The molecule has 0 saturated carbocycles. The average molecular weight is 346 g/mol.